The van der Waals surface area contributed by atoms with Crippen molar-refractivity contribution in [3.05, 3.63) is 52.3 Å². The van der Waals surface area contributed by atoms with Crippen LogP contribution in [-0.2, 0) is 7.05 Å². The van der Waals surface area contributed by atoms with Crippen molar-refractivity contribution in [2.75, 3.05) is 0 Å². The monoisotopic (exact) mass is 298 g/mol. The molecule has 0 amide bonds. The maximum Gasteiger partial charge on any atom is 0.128 e. The number of aromatic nitrogens is 2. The van der Waals surface area contributed by atoms with Crippen LogP contribution in [-0.4, -0.2) is 9.55 Å². The van der Waals surface area contributed by atoms with Crippen LogP contribution in [0.5, 0.6) is 0 Å². The maximum atomic E-state index is 13.7. The molecule has 0 bridgehead atoms. The van der Waals surface area contributed by atoms with Crippen molar-refractivity contribution in [1.82, 2.24) is 15.0 Å². The fourth-order valence-electron chi connectivity index (χ4n) is 1.65. The summed E-state index contributed by atoms with van der Waals surface area (Å²) >= 11 is 3.31. The Hall–Kier alpha value is -1.24. The molecule has 0 aliphatic rings. The lowest BCUT2D eigenvalue weighted by atomic mass is 10.0. The number of hydrogen-bond donors (Lipinski definition) is 2. The molecule has 1 heterocycles. The summed E-state index contributed by atoms with van der Waals surface area (Å²) in [5, 5.41) is 0. The summed E-state index contributed by atoms with van der Waals surface area (Å²) in [6.45, 7) is 0. The summed E-state index contributed by atoms with van der Waals surface area (Å²) in [6.07, 6.45) is 3.44. The lowest BCUT2D eigenvalue weighted by Gasteiger charge is -2.15. The van der Waals surface area contributed by atoms with Gasteiger partial charge in [-0.15, -0.1) is 0 Å². The van der Waals surface area contributed by atoms with Gasteiger partial charge in [0.1, 0.15) is 5.82 Å². The second-order valence-electron chi connectivity index (χ2n) is 3.73. The van der Waals surface area contributed by atoms with Gasteiger partial charge < -0.3 is 4.57 Å². The standard InChI is InChI=1S/C11H12BrFN4/c1-17-5-10(15-6-17)11(16-14)8-4-7(12)2-3-9(8)13/h2-6,11,16H,14H2,1H3. The van der Waals surface area contributed by atoms with Crippen molar-refractivity contribution in [3.63, 3.8) is 0 Å². The van der Waals surface area contributed by atoms with Gasteiger partial charge in [0, 0.05) is 23.3 Å². The number of benzene rings is 1. The number of nitrogens with one attached hydrogen (secondary N) is 1. The fourth-order valence-corrected chi connectivity index (χ4v) is 2.03. The Kier molecular flexibility index (Phi) is 3.56. The number of hydrogen-bond acceptors (Lipinski definition) is 3. The minimum absolute atomic E-state index is 0.318. The molecule has 90 valence electrons. The van der Waals surface area contributed by atoms with E-state index in [1.54, 1.807) is 29.2 Å². The van der Waals surface area contributed by atoms with E-state index in [4.69, 9.17) is 5.84 Å². The smallest absolute Gasteiger partial charge is 0.128 e. The molecule has 2 rings (SSSR count). The number of aryl methyl sites for hydroxylation is 1. The highest BCUT2D eigenvalue weighted by Crippen LogP contribution is 2.25. The van der Waals surface area contributed by atoms with E-state index in [0.29, 0.717) is 11.3 Å². The normalized spacial score (nSPS) is 12.7. The summed E-state index contributed by atoms with van der Waals surface area (Å²) in [4.78, 5) is 4.17. The first-order valence-corrected chi connectivity index (χ1v) is 5.80. The molecule has 4 nitrogen and oxygen atoms in total. The highest BCUT2D eigenvalue weighted by atomic mass is 79.9. The lowest BCUT2D eigenvalue weighted by molar-refractivity contribution is 0.553. The van der Waals surface area contributed by atoms with Crippen LogP contribution >= 0.6 is 15.9 Å². The Morgan fingerprint density at radius 1 is 1.53 bits per heavy atom. The Labute approximate surface area is 107 Å². The van der Waals surface area contributed by atoms with E-state index < -0.39 is 6.04 Å². The summed E-state index contributed by atoms with van der Waals surface area (Å²) in [5.41, 5.74) is 3.71. The van der Waals surface area contributed by atoms with E-state index in [9.17, 15) is 4.39 Å². The van der Waals surface area contributed by atoms with Crippen molar-refractivity contribution in [2.24, 2.45) is 12.9 Å². The van der Waals surface area contributed by atoms with Crippen LogP contribution in [0.15, 0.2) is 35.2 Å². The van der Waals surface area contributed by atoms with Gasteiger partial charge in [-0.3, -0.25) is 5.84 Å². The van der Waals surface area contributed by atoms with Gasteiger partial charge in [-0.1, -0.05) is 15.9 Å². The summed E-state index contributed by atoms with van der Waals surface area (Å²) < 4.78 is 16.3. The molecular weight excluding hydrogens is 287 g/mol. The molecule has 0 aliphatic heterocycles. The molecule has 0 fully saturated rings. The number of hydrazine groups is 1. The van der Waals surface area contributed by atoms with Crippen LogP contribution in [0, 0.1) is 5.82 Å². The Morgan fingerprint density at radius 2 is 2.29 bits per heavy atom. The molecule has 1 aromatic carbocycles. The average molecular weight is 299 g/mol. The highest BCUT2D eigenvalue weighted by Gasteiger charge is 2.18. The second-order valence-corrected chi connectivity index (χ2v) is 4.65. The molecule has 1 atom stereocenters. The predicted molar refractivity (Wildman–Crippen MR) is 66.5 cm³/mol. The number of rotatable bonds is 3. The molecule has 3 N–H and O–H groups in total. The summed E-state index contributed by atoms with van der Waals surface area (Å²) in [5.74, 6) is 5.17. The van der Waals surface area contributed by atoms with Crippen molar-refractivity contribution >= 4 is 15.9 Å². The van der Waals surface area contributed by atoms with Gasteiger partial charge in [-0.25, -0.2) is 14.8 Å². The minimum atomic E-state index is -0.464. The van der Waals surface area contributed by atoms with Gasteiger partial charge in [0.25, 0.3) is 0 Å². The molecule has 0 aliphatic carbocycles. The molecule has 0 spiro atoms. The molecule has 0 saturated heterocycles. The van der Waals surface area contributed by atoms with E-state index >= 15 is 0 Å². The van der Waals surface area contributed by atoms with Crippen molar-refractivity contribution in [2.45, 2.75) is 6.04 Å². The van der Waals surface area contributed by atoms with Crippen LogP contribution in [0.3, 0.4) is 0 Å². The minimum Gasteiger partial charge on any atom is -0.340 e. The van der Waals surface area contributed by atoms with E-state index in [0.717, 1.165) is 4.47 Å². The van der Waals surface area contributed by atoms with Crippen LogP contribution in [0.25, 0.3) is 0 Å². The number of nitrogens with zero attached hydrogens (tertiary/aromatic N) is 2. The molecule has 0 saturated carbocycles. The topological polar surface area (TPSA) is 55.9 Å². The van der Waals surface area contributed by atoms with Crippen molar-refractivity contribution < 1.29 is 4.39 Å². The van der Waals surface area contributed by atoms with Crippen LogP contribution in [0.4, 0.5) is 4.39 Å². The predicted octanol–water partition coefficient (Wildman–Crippen LogP) is 1.87. The van der Waals surface area contributed by atoms with Gasteiger partial charge in [-0.2, -0.15) is 0 Å². The maximum absolute atomic E-state index is 13.7. The van der Waals surface area contributed by atoms with E-state index in [-0.39, 0.29) is 5.82 Å². The Bertz CT molecular complexity index is 526. The van der Waals surface area contributed by atoms with E-state index in [1.807, 2.05) is 7.05 Å². The molecule has 6 heteroatoms. The summed E-state index contributed by atoms with van der Waals surface area (Å²) in [6, 6.07) is 4.26. The first-order chi connectivity index (χ1) is 8.11. The molecule has 2 aromatic rings. The van der Waals surface area contributed by atoms with Gasteiger partial charge in [0.15, 0.2) is 0 Å². The van der Waals surface area contributed by atoms with E-state index in [2.05, 4.69) is 26.3 Å². The molecule has 1 aromatic heterocycles. The number of imidazole rings is 1. The SMILES string of the molecule is Cn1cnc(C(NN)c2cc(Br)ccc2F)c1. The van der Waals surface area contributed by atoms with Crippen LogP contribution < -0.4 is 11.3 Å². The lowest BCUT2D eigenvalue weighted by Crippen LogP contribution is -2.29. The van der Waals surface area contributed by atoms with Crippen LogP contribution in [0.2, 0.25) is 0 Å². The highest BCUT2D eigenvalue weighted by molar-refractivity contribution is 9.10. The second kappa shape index (κ2) is 4.95. The third-order valence-corrected chi connectivity index (χ3v) is 2.95. The third kappa shape index (κ3) is 2.54. The number of halogens is 2. The number of nitrogens with two attached hydrogens (primary N) is 1. The molecule has 1 unspecified atom stereocenters. The zero-order valence-electron chi connectivity index (χ0n) is 9.19. The third-order valence-electron chi connectivity index (χ3n) is 2.46. The quantitative estimate of drug-likeness (QED) is 0.672. The largest absolute Gasteiger partial charge is 0.340 e. The molecule has 0 radical (unpaired) electrons. The van der Waals surface area contributed by atoms with Crippen molar-refractivity contribution in [3.8, 4) is 0 Å². The Morgan fingerprint density at radius 3 is 2.88 bits per heavy atom. The van der Waals surface area contributed by atoms with Gasteiger partial charge >= 0.3 is 0 Å². The molecular formula is C11H12BrFN4. The first-order valence-electron chi connectivity index (χ1n) is 5.00. The zero-order chi connectivity index (χ0) is 12.4. The van der Waals surface area contributed by atoms with E-state index in [1.165, 1.54) is 6.07 Å². The first kappa shape index (κ1) is 12.2. The summed E-state index contributed by atoms with van der Waals surface area (Å²) in [7, 11) is 1.85. The van der Waals surface area contributed by atoms with Crippen molar-refractivity contribution in [1.29, 1.82) is 0 Å². The van der Waals surface area contributed by atoms with Gasteiger partial charge in [0.2, 0.25) is 0 Å². The average Bonchev–Trinajstić information content (AvgIpc) is 2.71. The fraction of sp³-hybridized carbons (Fsp3) is 0.182. The van der Waals surface area contributed by atoms with Gasteiger partial charge in [0.05, 0.1) is 18.1 Å². The Balaban J connectivity index is 2.45. The van der Waals surface area contributed by atoms with Crippen LogP contribution in [0.1, 0.15) is 17.3 Å². The molecule has 17 heavy (non-hydrogen) atoms. The van der Waals surface area contributed by atoms with Gasteiger partial charge in [-0.05, 0) is 18.2 Å². The zero-order valence-corrected chi connectivity index (χ0v) is 10.8.